The monoisotopic (exact) mass is 389 g/mol. The zero-order valence-electron chi connectivity index (χ0n) is 16.3. The molecule has 2 aromatic carbocycles. The van der Waals surface area contributed by atoms with Crippen molar-refractivity contribution in [2.45, 2.75) is 20.8 Å². The Kier molecular flexibility index (Phi) is 4.72. The van der Waals surface area contributed by atoms with Gasteiger partial charge in [-0.25, -0.2) is 13.8 Å². The van der Waals surface area contributed by atoms with E-state index in [4.69, 9.17) is 0 Å². The van der Waals surface area contributed by atoms with E-state index >= 15 is 0 Å². The van der Waals surface area contributed by atoms with Crippen molar-refractivity contribution in [1.82, 2.24) is 19.6 Å². The number of anilines is 1. The van der Waals surface area contributed by atoms with Crippen LogP contribution < -0.4 is 5.32 Å². The van der Waals surface area contributed by atoms with Crippen LogP contribution in [0.15, 0.2) is 60.9 Å². The van der Waals surface area contributed by atoms with E-state index in [0.29, 0.717) is 16.9 Å². The van der Waals surface area contributed by atoms with Gasteiger partial charge in [0.05, 0.1) is 17.6 Å². The first-order valence-corrected chi connectivity index (χ1v) is 9.17. The molecule has 6 nitrogen and oxygen atoms in total. The standard InChI is InChI=1S/C22H20FN5O/c1-14-12-24-27(13-14)19-7-4-17(5-8-19)22(29)25-18-6-9-21(20(23)11-18)28-16(3)10-15(2)26-28/h4-13H,1-3H3,(H,25,29). The van der Waals surface area contributed by atoms with E-state index in [1.54, 1.807) is 39.8 Å². The molecule has 0 radical (unpaired) electrons. The summed E-state index contributed by atoms with van der Waals surface area (Å²) in [4.78, 5) is 12.5. The number of hydrogen-bond acceptors (Lipinski definition) is 3. The summed E-state index contributed by atoms with van der Waals surface area (Å²) in [5, 5.41) is 11.3. The van der Waals surface area contributed by atoms with Gasteiger partial charge in [0.25, 0.3) is 5.91 Å². The Morgan fingerprint density at radius 3 is 2.38 bits per heavy atom. The molecule has 4 aromatic rings. The molecule has 0 aliphatic heterocycles. The third-order valence-corrected chi connectivity index (χ3v) is 4.55. The second-order valence-corrected chi connectivity index (χ2v) is 6.97. The van der Waals surface area contributed by atoms with Crippen LogP contribution in [0.2, 0.25) is 0 Å². The van der Waals surface area contributed by atoms with Gasteiger partial charge < -0.3 is 5.32 Å². The fraction of sp³-hybridized carbons (Fsp3) is 0.136. The maximum atomic E-state index is 14.6. The predicted octanol–water partition coefficient (Wildman–Crippen LogP) is 4.37. The number of aromatic nitrogens is 4. The van der Waals surface area contributed by atoms with Gasteiger partial charge in [0, 0.05) is 23.1 Å². The van der Waals surface area contributed by atoms with Crippen molar-refractivity contribution in [2.24, 2.45) is 0 Å². The lowest BCUT2D eigenvalue weighted by molar-refractivity contribution is 0.102. The molecule has 2 aromatic heterocycles. The average molecular weight is 389 g/mol. The smallest absolute Gasteiger partial charge is 0.255 e. The Morgan fingerprint density at radius 1 is 1.03 bits per heavy atom. The summed E-state index contributed by atoms with van der Waals surface area (Å²) in [6.45, 7) is 5.68. The van der Waals surface area contributed by atoms with Gasteiger partial charge in [-0.05, 0) is 74.9 Å². The number of hydrogen-bond donors (Lipinski definition) is 1. The molecule has 0 aliphatic rings. The SMILES string of the molecule is Cc1cnn(-c2ccc(C(=O)Nc3ccc(-n4nc(C)cc4C)c(F)c3)cc2)c1. The fourth-order valence-electron chi connectivity index (χ4n) is 3.15. The third kappa shape index (κ3) is 3.80. The molecule has 146 valence electrons. The van der Waals surface area contributed by atoms with Crippen LogP contribution in [0.3, 0.4) is 0 Å². The molecular weight excluding hydrogens is 369 g/mol. The molecular formula is C22H20FN5O. The molecule has 7 heteroatoms. The number of carbonyl (C=O) groups excluding carboxylic acids is 1. The molecule has 4 rings (SSSR count). The Bertz CT molecular complexity index is 1190. The lowest BCUT2D eigenvalue weighted by Crippen LogP contribution is -2.12. The molecule has 0 saturated heterocycles. The van der Waals surface area contributed by atoms with Gasteiger partial charge >= 0.3 is 0 Å². The van der Waals surface area contributed by atoms with Crippen LogP contribution >= 0.6 is 0 Å². The molecule has 0 aliphatic carbocycles. The van der Waals surface area contributed by atoms with Gasteiger partial charge in [-0.15, -0.1) is 0 Å². The zero-order chi connectivity index (χ0) is 20.5. The molecule has 1 N–H and O–H groups in total. The van der Waals surface area contributed by atoms with Crippen molar-refractivity contribution in [2.75, 3.05) is 5.32 Å². The van der Waals surface area contributed by atoms with Gasteiger partial charge in [-0.1, -0.05) is 0 Å². The van der Waals surface area contributed by atoms with Crippen molar-refractivity contribution in [3.05, 3.63) is 89.3 Å². The molecule has 0 fully saturated rings. The zero-order valence-corrected chi connectivity index (χ0v) is 16.3. The van der Waals surface area contributed by atoms with E-state index in [-0.39, 0.29) is 5.91 Å². The quantitative estimate of drug-likeness (QED) is 0.564. The summed E-state index contributed by atoms with van der Waals surface area (Å²) in [6, 6.07) is 13.5. The summed E-state index contributed by atoms with van der Waals surface area (Å²) in [5.41, 5.74) is 4.75. The normalized spacial score (nSPS) is 10.9. The van der Waals surface area contributed by atoms with Gasteiger partial charge in [0.1, 0.15) is 5.69 Å². The largest absolute Gasteiger partial charge is 0.322 e. The van der Waals surface area contributed by atoms with E-state index < -0.39 is 5.82 Å². The van der Waals surface area contributed by atoms with Crippen molar-refractivity contribution >= 4 is 11.6 Å². The molecule has 0 saturated carbocycles. The number of benzene rings is 2. The average Bonchev–Trinajstić information content (AvgIpc) is 3.27. The van der Waals surface area contributed by atoms with Gasteiger partial charge in [-0.2, -0.15) is 10.2 Å². The van der Waals surface area contributed by atoms with Crippen LogP contribution in [-0.2, 0) is 0 Å². The van der Waals surface area contributed by atoms with Gasteiger partial charge in [0.15, 0.2) is 5.82 Å². The lowest BCUT2D eigenvalue weighted by Gasteiger charge is -2.10. The van der Waals surface area contributed by atoms with Gasteiger partial charge in [0.2, 0.25) is 0 Å². The molecule has 1 amide bonds. The van der Waals surface area contributed by atoms with Crippen LogP contribution in [0, 0.1) is 26.6 Å². The fourth-order valence-corrected chi connectivity index (χ4v) is 3.15. The molecule has 0 atom stereocenters. The lowest BCUT2D eigenvalue weighted by atomic mass is 10.2. The van der Waals surface area contributed by atoms with E-state index in [1.807, 2.05) is 45.2 Å². The summed E-state index contributed by atoms with van der Waals surface area (Å²) >= 11 is 0. The minimum absolute atomic E-state index is 0.313. The minimum atomic E-state index is -0.460. The first-order valence-electron chi connectivity index (χ1n) is 9.17. The van der Waals surface area contributed by atoms with Crippen molar-refractivity contribution < 1.29 is 9.18 Å². The first-order chi connectivity index (χ1) is 13.9. The molecule has 29 heavy (non-hydrogen) atoms. The third-order valence-electron chi connectivity index (χ3n) is 4.55. The molecule has 0 bridgehead atoms. The van der Waals surface area contributed by atoms with Crippen LogP contribution in [-0.4, -0.2) is 25.5 Å². The van der Waals surface area contributed by atoms with Crippen molar-refractivity contribution in [3.8, 4) is 11.4 Å². The number of nitrogens with one attached hydrogen (secondary N) is 1. The van der Waals surface area contributed by atoms with E-state index in [2.05, 4.69) is 15.5 Å². The Balaban J connectivity index is 1.51. The molecule has 2 heterocycles. The second-order valence-electron chi connectivity index (χ2n) is 6.97. The summed E-state index contributed by atoms with van der Waals surface area (Å²) in [6.07, 6.45) is 3.67. The van der Waals surface area contributed by atoms with E-state index in [9.17, 15) is 9.18 Å². The first kappa shape index (κ1) is 18.6. The molecule has 0 spiro atoms. The summed E-state index contributed by atoms with van der Waals surface area (Å²) in [5.74, 6) is -0.773. The van der Waals surface area contributed by atoms with Crippen LogP contribution in [0.4, 0.5) is 10.1 Å². The maximum absolute atomic E-state index is 14.6. The maximum Gasteiger partial charge on any atom is 0.255 e. The number of aryl methyl sites for hydroxylation is 3. The number of nitrogens with zero attached hydrogens (tertiary/aromatic N) is 4. The highest BCUT2D eigenvalue weighted by Gasteiger charge is 2.12. The van der Waals surface area contributed by atoms with Crippen LogP contribution in [0.5, 0.6) is 0 Å². The highest BCUT2D eigenvalue weighted by atomic mass is 19.1. The van der Waals surface area contributed by atoms with Crippen molar-refractivity contribution in [3.63, 3.8) is 0 Å². The summed E-state index contributed by atoms with van der Waals surface area (Å²) < 4.78 is 17.9. The predicted molar refractivity (Wildman–Crippen MR) is 109 cm³/mol. The Labute approximate surface area is 167 Å². The molecule has 0 unspecified atom stereocenters. The number of halogens is 1. The highest BCUT2D eigenvalue weighted by molar-refractivity contribution is 6.04. The number of amides is 1. The Morgan fingerprint density at radius 2 is 1.79 bits per heavy atom. The topological polar surface area (TPSA) is 64.7 Å². The Hall–Kier alpha value is -3.74. The highest BCUT2D eigenvalue weighted by Crippen LogP contribution is 2.21. The summed E-state index contributed by atoms with van der Waals surface area (Å²) in [7, 11) is 0. The second kappa shape index (κ2) is 7.35. The van der Waals surface area contributed by atoms with Crippen LogP contribution in [0.1, 0.15) is 27.3 Å². The van der Waals surface area contributed by atoms with Crippen LogP contribution in [0.25, 0.3) is 11.4 Å². The van der Waals surface area contributed by atoms with E-state index in [1.165, 1.54) is 6.07 Å². The minimum Gasteiger partial charge on any atom is -0.322 e. The van der Waals surface area contributed by atoms with Gasteiger partial charge in [-0.3, -0.25) is 4.79 Å². The number of carbonyl (C=O) groups is 1. The van der Waals surface area contributed by atoms with E-state index in [0.717, 1.165) is 22.6 Å². The number of rotatable bonds is 4. The van der Waals surface area contributed by atoms with Crippen molar-refractivity contribution in [1.29, 1.82) is 0 Å².